The van der Waals surface area contributed by atoms with Crippen molar-refractivity contribution in [2.45, 2.75) is 24.8 Å². The number of nitrogens with one attached hydrogen (secondary N) is 2. The van der Waals surface area contributed by atoms with Gasteiger partial charge in [0.1, 0.15) is 12.6 Å². The Kier molecular flexibility index (Phi) is 7.23. The number of hydrogen-bond donors (Lipinski definition) is 3. The molecular formula is C25H28N2O5S. The first-order valence-corrected chi connectivity index (χ1v) is 12.5. The minimum Gasteiger partial charge on any atom is -0.481 e. The van der Waals surface area contributed by atoms with E-state index >= 15 is 0 Å². The molecule has 2 aliphatic carbocycles. The van der Waals surface area contributed by atoms with Crippen LogP contribution in [0.1, 0.15) is 29.9 Å². The van der Waals surface area contributed by atoms with Gasteiger partial charge in [-0.1, -0.05) is 48.5 Å². The first kappa shape index (κ1) is 23.2. The van der Waals surface area contributed by atoms with Crippen molar-refractivity contribution in [3.8, 4) is 11.1 Å². The predicted octanol–water partition coefficient (Wildman–Crippen LogP) is 3.48. The van der Waals surface area contributed by atoms with Gasteiger partial charge in [0.05, 0.1) is 5.92 Å². The number of fused-ring (bicyclic) bond motifs is 3. The molecule has 33 heavy (non-hydrogen) atoms. The van der Waals surface area contributed by atoms with Crippen LogP contribution in [0.15, 0.2) is 48.5 Å². The van der Waals surface area contributed by atoms with E-state index in [0.717, 1.165) is 22.3 Å². The summed E-state index contributed by atoms with van der Waals surface area (Å²) in [6.45, 7) is 0.483. The van der Waals surface area contributed by atoms with Crippen LogP contribution in [0.3, 0.4) is 0 Å². The molecule has 2 aromatic carbocycles. The minimum atomic E-state index is -0.829. The van der Waals surface area contributed by atoms with Gasteiger partial charge in [-0.3, -0.25) is 9.59 Å². The Labute approximate surface area is 197 Å². The smallest absolute Gasteiger partial charge is 0.407 e. The van der Waals surface area contributed by atoms with Crippen molar-refractivity contribution < 1.29 is 24.2 Å². The molecule has 174 valence electrons. The van der Waals surface area contributed by atoms with Gasteiger partial charge in [-0.25, -0.2) is 4.79 Å². The normalized spacial score (nSPS) is 19.2. The molecule has 2 aromatic rings. The monoisotopic (exact) mass is 468 g/mol. The number of alkyl carbamates (subject to hydrolysis) is 1. The summed E-state index contributed by atoms with van der Waals surface area (Å²) >= 11 is 1.58. The number of carbonyl (C=O) groups excluding carboxylic acids is 2. The lowest BCUT2D eigenvalue weighted by atomic mass is 9.98. The first-order valence-electron chi connectivity index (χ1n) is 11.1. The van der Waals surface area contributed by atoms with Gasteiger partial charge in [-0.15, -0.1) is 0 Å². The maximum atomic E-state index is 12.6. The number of hydrogen-bond acceptors (Lipinski definition) is 5. The average molecular weight is 469 g/mol. The van der Waals surface area contributed by atoms with Crippen LogP contribution in [0.4, 0.5) is 4.79 Å². The molecule has 0 saturated heterocycles. The number of benzene rings is 2. The van der Waals surface area contributed by atoms with Crippen LogP contribution in [0.2, 0.25) is 0 Å². The van der Waals surface area contributed by atoms with E-state index in [2.05, 4.69) is 34.9 Å². The molecule has 2 aliphatic rings. The highest BCUT2D eigenvalue weighted by molar-refractivity contribution is 7.98. The van der Waals surface area contributed by atoms with Crippen LogP contribution in [0, 0.1) is 11.8 Å². The van der Waals surface area contributed by atoms with Crippen molar-refractivity contribution in [1.82, 2.24) is 10.6 Å². The van der Waals surface area contributed by atoms with Gasteiger partial charge in [-0.2, -0.15) is 11.8 Å². The van der Waals surface area contributed by atoms with Gasteiger partial charge >= 0.3 is 12.1 Å². The number of carboxylic acids is 1. The van der Waals surface area contributed by atoms with Crippen molar-refractivity contribution in [2.24, 2.45) is 11.8 Å². The van der Waals surface area contributed by atoms with Crippen LogP contribution in [-0.2, 0) is 14.3 Å². The van der Waals surface area contributed by atoms with Crippen LogP contribution in [0.5, 0.6) is 0 Å². The molecular weight excluding hydrogens is 440 g/mol. The highest BCUT2D eigenvalue weighted by atomic mass is 32.2. The Morgan fingerprint density at radius 3 is 2.30 bits per heavy atom. The molecule has 0 aliphatic heterocycles. The van der Waals surface area contributed by atoms with E-state index in [9.17, 15) is 14.4 Å². The standard InChI is InChI=1S/C25H28N2O5S/c1-33-11-10-22(23(28)26-13-15-12-20(15)24(29)30)27-25(31)32-14-21-18-8-4-2-6-16(18)17-7-3-5-9-19(17)21/h2-9,15,20-22H,10-14H2,1H3,(H,26,28)(H,27,31)(H,29,30)/t15?,20?,22-/m1/s1. The highest BCUT2D eigenvalue weighted by Crippen LogP contribution is 2.44. The maximum absolute atomic E-state index is 12.6. The number of carbonyl (C=O) groups is 3. The third kappa shape index (κ3) is 5.33. The summed E-state index contributed by atoms with van der Waals surface area (Å²) in [7, 11) is 0. The first-order chi connectivity index (χ1) is 16.0. The Morgan fingerprint density at radius 2 is 1.73 bits per heavy atom. The van der Waals surface area contributed by atoms with E-state index in [1.54, 1.807) is 11.8 Å². The van der Waals surface area contributed by atoms with Gasteiger partial charge in [0, 0.05) is 12.5 Å². The second kappa shape index (κ2) is 10.3. The number of thioether (sulfide) groups is 1. The molecule has 4 rings (SSSR count). The third-order valence-electron chi connectivity index (χ3n) is 6.34. The number of ether oxygens (including phenoxy) is 1. The fourth-order valence-electron chi connectivity index (χ4n) is 4.42. The lowest BCUT2D eigenvalue weighted by Gasteiger charge is -2.19. The summed E-state index contributed by atoms with van der Waals surface area (Å²) in [6.07, 6.45) is 2.34. The molecule has 0 spiro atoms. The number of carboxylic acid groups (broad SMARTS) is 1. The van der Waals surface area contributed by atoms with Gasteiger partial charge in [0.15, 0.2) is 0 Å². The van der Waals surface area contributed by atoms with Crippen LogP contribution >= 0.6 is 11.8 Å². The van der Waals surface area contributed by atoms with Gasteiger partial charge in [0.25, 0.3) is 0 Å². The van der Waals surface area contributed by atoms with E-state index in [0.29, 0.717) is 25.1 Å². The SMILES string of the molecule is CSCC[C@@H](NC(=O)OCC1c2ccccc2-c2ccccc21)C(=O)NCC1CC1C(=O)O. The summed E-state index contributed by atoms with van der Waals surface area (Å²) in [4.78, 5) is 36.2. The van der Waals surface area contributed by atoms with Crippen molar-refractivity contribution in [1.29, 1.82) is 0 Å². The molecule has 1 fully saturated rings. The van der Waals surface area contributed by atoms with Crippen LogP contribution in [0.25, 0.3) is 11.1 Å². The zero-order chi connectivity index (χ0) is 23.4. The Hall–Kier alpha value is -3.00. The summed E-state index contributed by atoms with van der Waals surface area (Å²) in [5, 5.41) is 14.5. The minimum absolute atomic E-state index is 0.0397. The zero-order valence-electron chi connectivity index (χ0n) is 18.5. The van der Waals surface area contributed by atoms with E-state index in [-0.39, 0.29) is 30.3 Å². The zero-order valence-corrected chi connectivity index (χ0v) is 19.3. The quantitative estimate of drug-likeness (QED) is 0.493. The van der Waals surface area contributed by atoms with Crippen molar-refractivity contribution in [2.75, 3.05) is 25.2 Å². The number of amides is 2. The summed E-state index contributed by atoms with van der Waals surface area (Å²) in [5.74, 6) is -0.918. The number of rotatable bonds is 10. The van der Waals surface area contributed by atoms with Crippen molar-refractivity contribution >= 4 is 29.7 Å². The van der Waals surface area contributed by atoms with E-state index in [1.165, 1.54) is 0 Å². The highest BCUT2D eigenvalue weighted by Gasteiger charge is 2.43. The number of aliphatic carboxylic acids is 1. The molecule has 0 aromatic heterocycles. The molecule has 7 nitrogen and oxygen atoms in total. The molecule has 2 unspecified atom stereocenters. The van der Waals surface area contributed by atoms with E-state index < -0.39 is 18.1 Å². The Bertz CT molecular complexity index is 997. The summed E-state index contributed by atoms with van der Waals surface area (Å²) in [5.41, 5.74) is 4.55. The fraction of sp³-hybridized carbons (Fsp3) is 0.400. The second-order valence-corrected chi connectivity index (χ2v) is 9.48. The Morgan fingerprint density at radius 1 is 1.09 bits per heavy atom. The van der Waals surface area contributed by atoms with Crippen molar-refractivity contribution in [3.05, 3.63) is 59.7 Å². The van der Waals surface area contributed by atoms with E-state index in [4.69, 9.17) is 9.84 Å². The van der Waals surface area contributed by atoms with Crippen molar-refractivity contribution in [3.63, 3.8) is 0 Å². The molecule has 3 atom stereocenters. The fourth-order valence-corrected chi connectivity index (χ4v) is 4.89. The molecule has 0 heterocycles. The lowest BCUT2D eigenvalue weighted by Crippen LogP contribution is -2.48. The molecule has 1 saturated carbocycles. The summed E-state index contributed by atoms with van der Waals surface area (Å²) in [6, 6.07) is 15.5. The van der Waals surface area contributed by atoms with Crippen LogP contribution < -0.4 is 10.6 Å². The van der Waals surface area contributed by atoms with Gasteiger partial charge in [-0.05, 0) is 53.0 Å². The van der Waals surface area contributed by atoms with Gasteiger partial charge in [0.2, 0.25) is 5.91 Å². The van der Waals surface area contributed by atoms with E-state index in [1.807, 2.05) is 30.5 Å². The van der Waals surface area contributed by atoms with Crippen LogP contribution in [-0.4, -0.2) is 54.3 Å². The predicted molar refractivity (Wildman–Crippen MR) is 127 cm³/mol. The average Bonchev–Trinajstić information content (AvgIpc) is 3.54. The Balaban J connectivity index is 1.34. The molecule has 8 heteroatoms. The third-order valence-corrected chi connectivity index (χ3v) is 6.99. The molecule has 2 amide bonds. The molecule has 0 bridgehead atoms. The largest absolute Gasteiger partial charge is 0.481 e. The maximum Gasteiger partial charge on any atom is 0.407 e. The second-order valence-electron chi connectivity index (χ2n) is 8.49. The molecule has 0 radical (unpaired) electrons. The molecule has 3 N–H and O–H groups in total. The lowest BCUT2D eigenvalue weighted by molar-refractivity contribution is -0.139. The topological polar surface area (TPSA) is 105 Å². The van der Waals surface area contributed by atoms with Gasteiger partial charge < -0.3 is 20.5 Å². The summed E-state index contributed by atoms with van der Waals surface area (Å²) < 4.78 is 5.57.